The van der Waals surface area contributed by atoms with Gasteiger partial charge in [0.25, 0.3) is 0 Å². The van der Waals surface area contributed by atoms with Gasteiger partial charge in [0.1, 0.15) is 0 Å². The Morgan fingerprint density at radius 3 is 2.81 bits per heavy atom. The van der Waals surface area contributed by atoms with Crippen LogP contribution in [0.2, 0.25) is 0 Å². The minimum absolute atomic E-state index is 0. The topological polar surface area (TPSA) is 29.5 Å². The maximum Gasteiger partial charge on any atom is 0.338 e. The van der Waals surface area contributed by atoms with Crippen LogP contribution >= 0.6 is 12.4 Å². The Kier molecular flexibility index (Phi) is 8.40. The van der Waals surface area contributed by atoms with Crippen molar-refractivity contribution < 1.29 is 9.53 Å². The van der Waals surface area contributed by atoms with Gasteiger partial charge in [-0.05, 0) is 43.9 Å². The number of piperidine rings is 1. The van der Waals surface area contributed by atoms with E-state index in [1.54, 1.807) is 12.1 Å². The van der Waals surface area contributed by atoms with E-state index in [-0.39, 0.29) is 18.4 Å². The van der Waals surface area contributed by atoms with Crippen LogP contribution in [-0.2, 0) is 4.74 Å². The summed E-state index contributed by atoms with van der Waals surface area (Å²) in [5.74, 6) is 0.645. The van der Waals surface area contributed by atoms with Gasteiger partial charge in [0.05, 0.1) is 12.2 Å². The molecule has 0 bridgehead atoms. The first kappa shape index (κ1) is 18.0. The number of hydrogen-bond donors (Lipinski definition) is 0. The van der Waals surface area contributed by atoms with E-state index in [0.29, 0.717) is 12.2 Å². The first-order chi connectivity index (χ1) is 9.79. The Morgan fingerprint density at radius 2 is 2.10 bits per heavy atom. The lowest BCUT2D eigenvalue weighted by atomic mass is 9.96. The minimum atomic E-state index is -0.212. The monoisotopic (exact) mass is 311 g/mol. The zero-order valence-electron chi connectivity index (χ0n) is 12.8. The summed E-state index contributed by atoms with van der Waals surface area (Å²) >= 11 is 0. The van der Waals surface area contributed by atoms with Crippen molar-refractivity contribution in [2.75, 3.05) is 26.2 Å². The van der Waals surface area contributed by atoms with E-state index < -0.39 is 0 Å². The van der Waals surface area contributed by atoms with Crippen LogP contribution in [-0.4, -0.2) is 37.1 Å². The molecule has 0 N–H and O–H groups in total. The van der Waals surface area contributed by atoms with E-state index >= 15 is 0 Å². The average molecular weight is 312 g/mol. The molecule has 1 atom stereocenters. The number of ether oxygens (including phenoxy) is 1. The van der Waals surface area contributed by atoms with Crippen molar-refractivity contribution in [3.05, 3.63) is 35.9 Å². The third-order valence-electron chi connectivity index (χ3n) is 4.04. The van der Waals surface area contributed by atoms with Crippen LogP contribution in [0.25, 0.3) is 0 Å². The lowest BCUT2D eigenvalue weighted by molar-refractivity contribution is 0.0480. The Bertz CT molecular complexity index is 411. The molecule has 21 heavy (non-hydrogen) atoms. The molecular formula is C17H26ClNO2. The van der Waals surface area contributed by atoms with Crippen molar-refractivity contribution in [2.45, 2.75) is 32.6 Å². The van der Waals surface area contributed by atoms with Gasteiger partial charge in [-0.1, -0.05) is 31.5 Å². The van der Waals surface area contributed by atoms with Gasteiger partial charge >= 0.3 is 5.97 Å². The van der Waals surface area contributed by atoms with E-state index in [9.17, 15) is 4.79 Å². The summed E-state index contributed by atoms with van der Waals surface area (Å²) in [4.78, 5) is 14.3. The number of rotatable bonds is 6. The van der Waals surface area contributed by atoms with Crippen molar-refractivity contribution in [3.63, 3.8) is 0 Å². The molecule has 1 unspecified atom stereocenters. The van der Waals surface area contributed by atoms with Crippen LogP contribution in [0, 0.1) is 5.92 Å². The van der Waals surface area contributed by atoms with E-state index in [2.05, 4.69) is 11.8 Å². The maximum atomic E-state index is 11.8. The number of hydrogen-bond acceptors (Lipinski definition) is 3. The summed E-state index contributed by atoms with van der Waals surface area (Å²) < 4.78 is 5.31. The highest BCUT2D eigenvalue weighted by molar-refractivity contribution is 5.89. The molecule has 1 heterocycles. The third-order valence-corrected chi connectivity index (χ3v) is 4.04. The lowest BCUT2D eigenvalue weighted by Crippen LogP contribution is -2.36. The lowest BCUT2D eigenvalue weighted by Gasteiger charge is -2.32. The minimum Gasteiger partial charge on any atom is -0.462 e. The van der Waals surface area contributed by atoms with Gasteiger partial charge in [0.2, 0.25) is 0 Å². The molecule has 0 radical (unpaired) electrons. The summed E-state index contributed by atoms with van der Waals surface area (Å²) in [7, 11) is 0. The van der Waals surface area contributed by atoms with Gasteiger partial charge in [-0.15, -0.1) is 12.4 Å². The molecule has 1 saturated heterocycles. The fraction of sp³-hybridized carbons (Fsp3) is 0.588. The van der Waals surface area contributed by atoms with Crippen LogP contribution in [0.1, 0.15) is 43.0 Å². The van der Waals surface area contributed by atoms with Crippen LogP contribution in [0.15, 0.2) is 30.3 Å². The van der Waals surface area contributed by atoms with E-state index in [0.717, 1.165) is 18.9 Å². The van der Waals surface area contributed by atoms with Gasteiger partial charge in [-0.25, -0.2) is 4.79 Å². The number of carbonyl (C=O) groups is 1. The predicted octanol–water partition coefficient (Wildman–Crippen LogP) is 3.78. The molecule has 0 spiro atoms. The Balaban J connectivity index is 0.00000220. The Hall–Kier alpha value is -1.06. The number of halogens is 1. The molecule has 0 saturated carbocycles. The first-order valence-corrected chi connectivity index (χ1v) is 7.74. The molecule has 3 nitrogen and oxygen atoms in total. The first-order valence-electron chi connectivity index (χ1n) is 7.74. The highest BCUT2D eigenvalue weighted by atomic mass is 35.5. The van der Waals surface area contributed by atoms with Crippen molar-refractivity contribution in [3.8, 4) is 0 Å². The second kappa shape index (κ2) is 9.80. The van der Waals surface area contributed by atoms with E-state index in [1.165, 1.54) is 32.4 Å². The smallest absolute Gasteiger partial charge is 0.338 e. The average Bonchev–Trinajstić information content (AvgIpc) is 2.52. The van der Waals surface area contributed by atoms with Crippen molar-refractivity contribution in [1.29, 1.82) is 0 Å². The molecule has 0 aromatic heterocycles. The van der Waals surface area contributed by atoms with Crippen LogP contribution in [0.5, 0.6) is 0 Å². The number of esters is 1. The molecule has 2 rings (SSSR count). The van der Waals surface area contributed by atoms with Gasteiger partial charge in [-0.3, -0.25) is 0 Å². The van der Waals surface area contributed by atoms with Crippen LogP contribution in [0.3, 0.4) is 0 Å². The predicted molar refractivity (Wildman–Crippen MR) is 88.0 cm³/mol. The second-order valence-corrected chi connectivity index (χ2v) is 5.57. The molecule has 4 heteroatoms. The fourth-order valence-corrected chi connectivity index (χ4v) is 2.80. The second-order valence-electron chi connectivity index (χ2n) is 5.57. The molecule has 0 aliphatic carbocycles. The van der Waals surface area contributed by atoms with E-state index in [1.807, 2.05) is 18.2 Å². The van der Waals surface area contributed by atoms with Crippen molar-refractivity contribution >= 4 is 18.4 Å². The molecule has 118 valence electrons. The maximum absolute atomic E-state index is 11.8. The summed E-state index contributed by atoms with van der Waals surface area (Å²) in [5.41, 5.74) is 0.636. The van der Waals surface area contributed by atoms with E-state index in [4.69, 9.17) is 4.74 Å². The molecule has 1 fully saturated rings. The molecular weight excluding hydrogens is 286 g/mol. The Labute approximate surface area is 134 Å². The quantitative estimate of drug-likeness (QED) is 0.591. The summed E-state index contributed by atoms with van der Waals surface area (Å²) in [6.45, 7) is 6.24. The highest BCUT2D eigenvalue weighted by Gasteiger charge is 2.17. The van der Waals surface area contributed by atoms with Crippen molar-refractivity contribution in [1.82, 2.24) is 4.90 Å². The largest absolute Gasteiger partial charge is 0.462 e. The number of likely N-dealkylation sites (tertiary alicyclic amines) is 1. The highest BCUT2D eigenvalue weighted by Crippen LogP contribution is 2.19. The SMILES string of the molecule is CCC1CCCN(CCCOC(=O)c2ccccc2)C1.Cl. The Morgan fingerprint density at radius 1 is 1.33 bits per heavy atom. The summed E-state index contributed by atoms with van der Waals surface area (Å²) in [6.07, 6.45) is 4.88. The van der Waals surface area contributed by atoms with Crippen molar-refractivity contribution in [2.24, 2.45) is 5.92 Å². The molecule has 1 aromatic carbocycles. The number of carbonyl (C=O) groups excluding carboxylic acids is 1. The summed E-state index contributed by atoms with van der Waals surface area (Å²) in [5, 5.41) is 0. The van der Waals surface area contributed by atoms with Crippen LogP contribution in [0.4, 0.5) is 0 Å². The molecule has 0 amide bonds. The molecule has 1 aliphatic rings. The number of nitrogens with zero attached hydrogens (tertiary/aromatic N) is 1. The third kappa shape index (κ3) is 6.06. The van der Waals surface area contributed by atoms with Gasteiger partial charge in [-0.2, -0.15) is 0 Å². The molecule has 1 aliphatic heterocycles. The van der Waals surface area contributed by atoms with Crippen LogP contribution < -0.4 is 0 Å². The molecule has 1 aromatic rings. The van der Waals surface area contributed by atoms with Gasteiger partial charge in [0.15, 0.2) is 0 Å². The van der Waals surface area contributed by atoms with Gasteiger partial charge in [0, 0.05) is 13.1 Å². The summed E-state index contributed by atoms with van der Waals surface area (Å²) in [6, 6.07) is 9.19. The normalized spacial score (nSPS) is 18.8. The zero-order chi connectivity index (χ0) is 14.2. The fourth-order valence-electron chi connectivity index (χ4n) is 2.80. The standard InChI is InChI=1S/C17H25NO2.ClH/c1-2-15-8-6-11-18(14-15)12-7-13-20-17(19)16-9-4-3-5-10-16;/h3-5,9-10,15H,2,6-8,11-14H2,1H3;1H. The zero-order valence-corrected chi connectivity index (χ0v) is 13.6. The van der Waals surface area contributed by atoms with Gasteiger partial charge < -0.3 is 9.64 Å². The number of benzene rings is 1.